The molecule has 2 aromatic rings. The number of H-pyrrole nitrogens is 1. The van der Waals surface area contributed by atoms with Gasteiger partial charge >= 0.3 is 0 Å². The quantitative estimate of drug-likeness (QED) is 0.837. The average Bonchev–Trinajstić information content (AvgIpc) is 2.81. The molecule has 5 heteroatoms. The summed E-state index contributed by atoms with van der Waals surface area (Å²) < 4.78 is 0. The Hall–Kier alpha value is -2.48. The fraction of sp³-hybridized carbons (Fsp3) is 0.333. The van der Waals surface area contributed by atoms with E-state index in [2.05, 4.69) is 11.1 Å². The highest BCUT2D eigenvalue weighted by Crippen LogP contribution is 2.22. The number of hydrogen-bond acceptors (Lipinski definition) is 3. The van der Waals surface area contributed by atoms with Crippen molar-refractivity contribution in [2.24, 2.45) is 0 Å². The molecule has 0 bridgehead atoms. The van der Waals surface area contributed by atoms with Crippen molar-refractivity contribution in [2.75, 3.05) is 12.3 Å². The number of fused-ring (bicyclic) bond motifs is 1. The molecule has 1 amide bonds. The highest BCUT2D eigenvalue weighted by atomic mass is 16.2. The van der Waals surface area contributed by atoms with Gasteiger partial charge in [-0.25, -0.2) is 0 Å². The monoisotopic (exact) mass is 270 g/mol. The molecule has 1 heterocycles. The van der Waals surface area contributed by atoms with E-state index in [1.165, 1.54) is 0 Å². The Labute approximate surface area is 118 Å². The molecule has 2 rings (SSSR count). The van der Waals surface area contributed by atoms with Gasteiger partial charge in [-0.2, -0.15) is 5.26 Å². The van der Waals surface area contributed by atoms with Crippen LogP contribution in [0.3, 0.4) is 0 Å². The molecule has 0 fully saturated rings. The van der Waals surface area contributed by atoms with Crippen molar-refractivity contribution in [1.82, 2.24) is 9.88 Å². The summed E-state index contributed by atoms with van der Waals surface area (Å²) >= 11 is 0. The van der Waals surface area contributed by atoms with Crippen LogP contribution in [0.4, 0.5) is 5.69 Å². The van der Waals surface area contributed by atoms with Crippen LogP contribution in [0.25, 0.3) is 10.9 Å². The van der Waals surface area contributed by atoms with Gasteiger partial charge in [0.2, 0.25) is 0 Å². The summed E-state index contributed by atoms with van der Waals surface area (Å²) in [6, 6.07) is 7.56. The number of nitriles is 1. The zero-order valence-electron chi connectivity index (χ0n) is 11.7. The molecule has 0 spiro atoms. The minimum atomic E-state index is -0.0636. The van der Waals surface area contributed by atoms with Crippen LogP contribution in [0.2, 0.25) is 0 Å². The largest absolute Gasteiger partial charge is 0.399 e. The van der Waals surface area contributed by atoms with E-state index in [0.29, 0.717) is 24.2 Å². The summed E-state index contributed by atoms with van der Waals surface area (Å²) in [4.78, 5) is 17.4. The van der Waals surface area contributed by atoms with E-state index < -0.39 is 0 Å². The lowest BCUT2D eigenvalue weighted by Gasteiger charge is -2.25. The van der Waals surface area contributed by atoms with E-state index in [0.717, 1.165) is 10.9 Å². The number of carbonyl (C=O) groups excluding carboxylic acids is 1. The van der Waals surface area contributed by atoms with Gasteiger partial charge < -0.3 is 15.6 Å². The Bertz CT molecular complexity index is 666. The van der Waals surface area contributed by atoms with Gasteiger partial charge in [0, 0.05) is 35.4 Å². The Kier molecular flexibility index (Phi) is 3.94. The predicted molar refractivity (Wildman–Crippen MR) is 79.1 cm³/mol. The van der Waals surface area contributed by atoms with E-state index in [1.54, 1.807) is 23.2 Å². The van der Waals surface area contributed by atoms with Crippen molar-refractivity contribution in [3.63, 3.8) is 0 Å². The normalized spacial score (nSPS) is 10.7. The number of rotatable bonds is 4. The molecule has 20 heavy (non-hydrogen) atoms. The molecule has 0 aliphatic carbocycles. The Morgan fingerprint density at radius 3 is 2.90 bits per heavy atom. The highest BCUT2D eigenvalue weighted by molar-refractivity contribution is 6.07. The number of nitrogens with zero attached hydrogens (tertiary/aromatic N) is 2. The Balaban J connectivity index is 2.36. The lowest BCUT2D eigenvalue weighted by atomic mass is 10.1. The second-order valence-corrected chi connectivity index (χ2v) is 5.01. The van der Waals surface area contributed by atoms with E-state index in [1.807, 2.05) is 19.9 Å². The summed E-state index contributed by atoms with van der Waals surface area (Å²) in [7, 11) is 0. The summed E-state index contributed by atoms with van der Waals surface area (Å²) in [6.45, 7) is 4.33. The van der Waals surface area contributed by atoms with Crippen molar-refractivity contribution in [3.05, 3.63) is 30.0 Å². The summed E-state index contributed by atoms with van der Waals surface area (Å²) in [5, 5.41) is 9.56. The maximum atomic E-state index is 12.6. The third-order valence-corrected chi connectivity index (χ3v) is 3.28. The zero-order chi connectivity index (χ0) is 14.7. The molecular weight excluding hydrogens is 252 g/mol. The van der Waals surface area contributed by atoms with Crippen LogP contribution in [-0.2, 0) is 0 Å². The molecule has 0 saturated heterocycles. The van der Waals surface area contributed by atoms with Gasteiger partial charge in [0.15, 0.2) is 0 Å². The highest BCUT2D eigenvalue weighted by Gasteiger charge is 2.21. The van der Waals surface area contributed by atoms with Gasteiger partial charge in [-0.05, 0) is 32.0 Å². The van der Waals surface area contributed by atoms with Gasteiger partial charge in [0.25, 0.3) is 5.91 Å². The molecule has 3 N–H and O–H groups in total. The Morgan fingerprint density at radius 1 is 1.50 bits per heavy atom. The van der Waals surface area contributed by atoms with Crippen molar-refractivity contribution in [2.45, 2.75) is 26.3 Å². The molecular formula is C15H18N4O. The van der Waals surface area contributed by atoms with Crippen molar-refractivity contribution >= 4 is 22.5 Å². The second-order valence-electron chi connectivity index (χ2n) is 5.01. The summed E-state index contributed by atoms with van der Waals surface area (Å²) in [6.07, 6.45) is 2.04. The first-order valence-corrected chi connectivity index (χ1v) is 6.59. The number of anilines is 1. The number of aromatic amines is 1. The molecule has 1 aromatic heterocycles. The lowest BCUT2D eigenvalue weighted by molar-refractivity contribution is 0.0712. The third-order valence-electron chi connectivity index (χ3n) is 3.28. The van der Waals surface area contributed by atoms with Crippen molar-refractivity contribution in [1.29, 1.82) is 5.26 Å². The molecule has 0 unspecified atom stereocenters. The first kappa shape index (κ1) is 13.9. The van der Waals surface area contributed by atoms with Crippen molar-refractivity contribution < 1.29 is 4.79 Å². The van der Waals surface area contributed by atoms with E-state index in [4.69, 9.17) is 11.0 Å². The SMILES string of the molecule is CC(C)N(CCC#N)C(=O)c1c[nH]c2cc(N)ccc12. The van der Waals surface area contributed by atoms with Crippen LogP contribution < -0.4 is 5.73 Å². The van der Waals surface area contributed by atoms with Crippen LogP contribution in [0.5, 0.6) is 0 Å². The van der Waals surface area contributed by atoms with Crippen LogP contribution in [-0.4, -0.2) is 28.4 Å². The Morgan fingerprint density at radius 2 is 2.25 bits per heavy atom. The molecule has 1 aromatic carbocycles. The van der Waals surface area contributed by atoms with Gasteiger partial charge in [-0.15, -0.1) is 0 Å². The number of nitrogen functional groups attached to an aromatic ring is 1. The minimum absolute atomic E-state index is 0.0505. The number of benzene rings is 1. The number of amides is 1. The van der Waals surface area contributed by atoms with E-state index in [9.17, 15) is 4.79 Å². The van der Waals surface area contributed by atoms with Gasteiger partial charge in [-0.1, -0.05) is 0 Å². The number of nitrogens with two attached hydrogens (primary N) is 1. The van der Waals surface area contributed by atoms with Gasteiger partial charge in [0.05, 0.1) is 18.1 Å². The summed E-state index contributed by atoms with van der Waals surface area (Å²) in [5.74, 6) is -0.0636. The smallest absolute Gasteiger partial charge is 0.256 e. The average molecular weight is 270 g/mol. The molecule has 0 atom stereocenters. The zero-order valence-corrected chi connectivity index (χ0v) is 11.7. The topological polar surface area (TPSA) is 85.9 Å². The first-order chi connectivity index (χ1) is 9.54. The second kappa shape index (κ2) is 5.66. The van der Waals surface area contributed by atoms with Crippen LogP contribution in [0.15, 0.2) is 24.4 Å². The molecule has 0 radical (unpaired) electrons. The van der Waals surface area contributed by atoms with Gasteiger partial charge in [-0.3, -0.25) is 4.79 Å². The molecule has 104 valence electrons. The third kappa shape index (κ3) is 2.59. The van der Waals surface area contributed by atoms with Crippen molar-refractivity contribution in [3.8, 4) is 6.07 Å². The van der Waals surface area contributed by atoms with Crippen LogP contribution in [0.1, 0.15) is 30.6 Å². The van der Waals surface area contributed by atoms with Crippen LogP contribution >= 0.6 is 0 Å². The number of nitrogens with one attached hydrogen (secondary N) is 1. The standard InChI is InChI=1S/C15H18N4O/c1-10(2)19(7-3-6-16)15(20)13-9-18-14-8-11(17)4-5-12(13)14/h4-5,8-10,18H,3,7,17H2,1-2H3. The molecule has 0 aliphatic heterocycles. The maximum absolute atomic E-state index is 12.6. The lowest BCUT2D eigenvalue weighted by Crippen LogP contribution is -2.37. The summed E-state index contributed by atoms with van der Waals surface area (Å²) in [5.41, 5.74) is 7.85. The number of carbonyl (C=O) groups is 1. The van der Waals surface area contributed by atoms with Gasteiger partial charge in [0.1, 0.15) is 0 Å². The van der Waals surface area contributed by atoms with E-state index >= 15 is 0 Å². The number of hydrogen-bond donors (Lipinski definition) is 2. The fourth-order valence-corrected chi connectivity index (χ4v) is 2.24. The number of aromatic nitrogens is 1. The van der Waals surface area contributed by atoms with E-state index in [-0.39, 0.29) is 11.9 Å². The maximum Gasteiger partial charge on any atom is 0.256 e. The molecule has 0 saturated carbocycles. The first-order valence-electron chi connectivity index (χ1n) is 6.59. The molecule has 5 nitrogen and oxygen atoms in total. The molecule has 0 aliphatic rings. The minimum Gasteiger partial charge on any atom is -0.399 e. The predicted octanol–water partition coefficient (Wildman–Crippen LogP) is 2.51. The fourth-order valence-electron chi connectivity index (χ4n) is 2.24. The van der Waals surface area contributed by atoms with Crippen LogP contribution in [0, 0.1) is 11.3 Å².